The van der Waals surface area contributed by atoms with Gasteiger partial charge in [-0.3, -0.25) is 4.79 Å². The van der Waals surface area contributed by atoms with Crippen LogP contribution in [0.2, 0.25) is 0 Å². The van der Waals surface area contributed by atoms with Crippen molar-refractivity contribution in [3.8, 4) is 0 Å². The molecule has 0 amide bonds. The summed E-state index contributed by atoms with van der Waals surface area (Å²) in [4.78, 5) is 10.3. The van der Waals surface area contributed by atoms with Gasteiger partial charge in [-0.05, 0) is 11.1 Å². The molecule has 1 aromatic rings. The summed E-state index contributed by atoms with van der Waals surface area (Å²) in [5.41, 5.74) is 1.54. The molecule has 0 aliphatic rings. The van der Waals surface area contributed by atoms with Crippen LogP contribution in [0, 0.1) is 0 Å². The van der Waals surface area contributed by atoms with E-state index in [0.717, 1.165) is 11.1 Å². The average molecular weight is 196 g/mol. The number of carbonyl (C=O) groups is 1. The van der Waals surface area contributed by atoms with Crippen molar-refractivity contribution in [2.75, 3.05) is 0 Å². The summed E-state index contributed by atoms with van der Waals surface area (Å²) in [6, 6.07) is 6.86. The molecule has 0 unspecified atom stereocenters. The van der Waals surface area contributed by atoms with Crippen molar-refractivity contribution in [3.63, 3.8) is 0 Å². The van der Waals surface area contributed by atoms with Crippen LogP contribution in [-0.2, 0) is 22.5 Å². The summed E-state index contributed by atoms with van der Waals surface area (Å²) in [6.45, 7) is 0. The fourth-order valence-electron chi connectivity index (χ4n) is 0.944. The first kappa shape index (κ1) is 9.67. The highest BCUT2D eigenvalue weighted by Gasteiger charge is 1.98. The van der Waals surface area contributed by atoms with Crippen LogP contribution >= 0.6 is 0 Å². The van der Waals surface area contributed by atoms with Gasteiger partial charge in [-0.2, -0.15) is 0 Å². The first-order valence-corrected chi connectivity index (χ1v) is 4.45. The number of hydrogen-bond donors (Lipinski definition) is 1. The zero-order valence-corrected chi connectivity index (χ0v) is 7.58. The third-order valence-corrected chi connectivity index (χ3v) is 1.89. The van der Waals surface area contributed by atoms with Crippen molar-refractivity contribution in [1.82, 2.24) is 0 Å². The molecule has 0 aromatic heterocycles. The molecule has 0 atom stereocenters. The van der Waals surface area contributed by atoms with Crippen molar-refractivity contribution >= 4 is 22.6 Å². The molecule has 4 heteroatoms. The van der Waals surface area contributed by atoms with Gasteiger partial charge in [0.2, 0.25) is 0 Å². The molecule has 1 aromatic carbocycles. The molecular weight excluding hydrogens is 188 g/mol. The monoisotopic (exact) mass is 196 g/mol. The number of rotatable bonds is 3. The summed E-state index contributed by atoms with van der Waals surface area (Å²) in [7, 11) is 0. The predicted molar refractivity (Wildman–Crippen MR) is 51.1 cm³/mol. The summed E-state index contributed by atoms with van der Waals surface area (Å²) in [5, 5.41) is 9.94. The molecule has 0 radical (unpaired) electrons. The van der Waals surface area contributed by atoms with E-state index in [4.69, 9.17) is 5.11 Å². The topological polar surface area (TPSA) is 54.4 Å². The first-order chi connectivity index (χ1) is 6.22. The minimum atomic E-state index is -0.852. The molecule has 0 bridgehead atoms. The number of aliphatic carboxylic acids is 1. The van der Waals surface area contributed by atoms with Crippen LogP contribution in [0.1, 0.15) is 11.1 Å². The second-order valence-corrected chi connectivity index (χ2v) is 2.95. The van der Waals surface area contributed by atoms with Crippen LogP contribution in [0.5, 0.6) is 0 Å². The van der Waals surface area contributed by atoms with E-state index in [0.29, 0.717) is 11.3 Å². The Morgan fingerprint density at radius 2 is 2.00 bits per heavy atom. The first-order valence-electron chi connectivity index (χ1n) is 3.65. The van der Waals surface area contributed by atoms with E-state index in [1.165, 1.54) is 5.37 Å². The van der Waals surface area contributed by atoms with Crippen LogP contribution in [0.3, 0.4) is 0 Å². The highest BCUT2D eigenvalue weighted by atomic mass is 32.1. The molecule has 0 saturated heterocycles. The van der Waals surface area contributed by atoms with Crippen LogP contribution in [0.25, 0.3) is 0 Å². The smallest absolute Gasteiger partial charge is 0.307 e. The van der Waals surface area contributed by atoms with Gasteiger partial charge in [0, 0.05) is 5.37 Å². The molecule has 3 nitrogen and oxygen atoms in total. The van der Waals surface area contributed by atoms with E-state index in [2.05, 4.69) is 0 Å². The maximum atomic E-state index is 10.3. The Morgan fingerprint density at radius 3 is 2.46 bits per heavy atom. The number of carboxylic acid groups (broad SMARTS) is 1. The molecule has 1 N–H and O–H groups in total. The fraction of sp³-hybridized carbons (Fsp3) is 0.111. The summed E-state index contributed by atoms with van der Waals surface area (Å²) >= 11 is 0.383. The highest BCUT2D eigenvalue weighted by molar-refractivity contribution is 7.65. The molecule has 0 heterocycles. The van der Waals surface area contributed by atoms with Crippen LogP contribution in [-0.4, -0.2) is 20.7 Å². The molecule has 0 saturated carbocycles. The lowest BCUT2D eigenvalue weighted by atomic mass is 10.1. The Labute approximate surface area is 79.1 Å². The second-order valence-electron chi connectivity index (χ2n) is 2.53. The molecule has 1 rings (SSSR count). The lowest BCUT2D eigenvalue weighted by Crippen LogP contribution is -1.99. The van der Waals surface area contributed by atoms with E-state index in [-0.39, 0.29) is 6.42 Å². The van der Waals surface area contributed by atoms with E-state index < -0.39 is 5.97 Å². The van der Waals surface area contributed by atoms with Gasteiger partial charge in [-0.25, -0.2) is 4.21 Å². The van der Waals surface area contributed by atoms with Gasteiger partial charge < -0.3 is 5.11 Å². The van der Waals surface area contributed by atoms with Crippen molar-refractivity contribution in [2.45, 2.75) is 6.42 Å². The Bertz CT molecular complexity index is 350. The van der Waals surface area contributed by atoms with Crippen LogP contribution in [0.15, 0.2) is 24.3 Å². The van der Waals surface area contributed by atoms with Crippen LogP contribution in [0.4, 0.5) is 0 Å². The van der Waals surface area contributed by atoms with Gasteiger partial charge in [-0.1, -0.05) is 24.3 Å². The third kappa shape index (κ3) is 3.21. The van der Waals surface area contributed by atoms with E-state index in [9.17, 15) is 9.00 Å². The Hall–Kier alpha value is -1.42. The fourth-order valence-corrected chi connectivity index (χ4v) is 1.21. The SMILES string of the molecule is O=S=Cc1ccc(CC(=O)O)cc1. The average Bonchev–Trinajstić information content (AvgIpc) is 2.08. The number of carboxylic acids is 1. The third-order valence-electron chi connectivity index (χ3n) is 1.52. The maximum Gasteiger partial charge on any atom is 0.307 e. The summed E-state index contributed by atoms with van der Waals surface area (Å²) < 4.78 is 10.1. The van der Waals surface area contributed by atoms with Gasteiger partial charge in [0.25, 0.3) is 0 Å². The molecule has 0 aliphatic carbocycles. The second kappa shape index (κ2) is 4.57. The largest absolute Gasteiger partial charge is 0.481 e. The van der Waals surface area contributed by atoms with Gasteiger partial charge in [0.05, 0.1) is 17.7 Å². The van der Waals surface area contributed by atoms with E-state index in [1.807, 2.05) is 0 Å². The maximum absolute atomic E-state index is 10.3. The quantitative estimate of drug-likeness (QED) is 0.723. The van der Waals surface area contributed by atoms with E-state index in [1.54, 1.807) is 24.3 Å². The van der Waals surface area contributed by atoms with Crippen LogP contribution < -0.4 is 0 Å². The molecular formula is C9H8O3S. The molecule has 0 spiro atoms. The van der Waals surface area contributed by atoms with Gasteiger partial charge in [-0.15, -0.1) is 0 Å². The van der Waals surface area contributed by atoms with Gasteiger partial charge in [0.1, 0.15) is 0 Å². The zero-order chi connectivity index (χ0) is 9.68. The molecule has 68 valence electrons. The summed E-state index contributed by atoms with van der Waals surface area (Å²) in [5.74, 6) is -0.852. The van der Waals surface area contributed by atoms with Crippen molar-refractivity contribution in [2.24, 2.45) is 0 Å². The summed E-state index contributed by atoms with van der Waals surface area (Å²) in [6.07, 6.45) is 0.0186. The normalized spacial score (nSPS) is 9.23. The minimum Gasteiger partial charge on any atom is -0.481 e. The van der Waals surface area contributed by atoms with E-state index >= 15 is 0 Å². The Kier molecular flexibility index (Phi) is 3.40. The lowest BCUT2D eigenvalue weighted by Gasteiger charge is -1.96. The highest BCUT2D eigenvalue weighted by Crippen LogP contribution is 2.02. The Balaban J connectivity index is 2.80. The van der Waals surface area contributed by atoms with Gasteiger partial charge in [0.15, 0.2) is 0 Å². The minimum absolute atomic E-state index is 0.0186. The lowest BCUT2D eigenvalue weighted by molar-refractivity contribution is -0.136. The van der Waals surface area contributed by atoms with Crippen molar-refractivity contribution in [1.29, 1.82) is 0 Å². The zero-order valence-electron chi connectivity index (χ0n) is 6.77. The molecule has 13 heavy (non-hydrogen) atoms. The Morgan fingerprint density at radius 1 is 1.38 bits per heavy atom. The molecule has 0 fully saturated rings. The van der Waals surface area contributed by atoms with Gasteiger partial charge >= 0.3 is 5.97 Å². The van der Waals surface area contributed by atoms with Crippen molar-refractivity contribution < 1.29 is 14.1 Å². The number of benzene rings is 1. The van der Waals surface area contributed by atoms with Crippen molar-refractivity contribution in [3.05, 3.63) is 35.4 Å². The predicted octanol–water partition coefficient (Wildman–Crippen LogP) is 0.677. The standard InChI is InChI=1S/C9H8O3S/c10-9(11)5-7-1-3-8(4-2-7)6-13-12/h1-4,6H,5H2,(H,10,11). The molecule has 0 aliphatic heterocycles. The number of hydrogen-bond acceptors (Lipinski definition) is 2.